The van der Waals surface area contributed by atoms with E-state index in [0.717, 1.165) is 38.2 Å². The van der Waals surface area contributed by atoms with E-state index < -0.39 is 0 Å². The molecule has 0 bridgehead atoms. The molecule has 126 valence electrons. The maximum atomic E-state index is 12.1. The van der Waals surface area contributed by atoms with Gasteiger partial charge >= 0.3 is 5.97 Å². The fourth-order valence-electron chi connectivity index (χ4n) is 2.73. The summed E-state index contributed by atoms with van der Waals surface area (Å²) in [6, 6.07) is 17.8. The van der Waals surface area contributed by atoms with Gasteiger partial charge in [0.05, 0.1) is 5.56 Å². The summed E-state index contributed by atoms with van der Waals surface area (Å²) in [6.07, 6.45) is 2.12. The van der Waals surface area contributed by atoms with Gasteiger partial charge in [-0.15, -0.1) is 0 Å². The zero-order chi connectivity index (χ0) is 16.6. The van der Waals surface area contributed by atoms with Crippen LogP contribution in [-0.2, 0) is 22.6 Å². The Kier molecular flexibility index (Phi) is 5.99. The van der Waals surface area contributed by atoms with Crippen molar-refractivity contribution in [2.45, 2.75) is 32.0 Å². The summed E-state index contributed by atoms with van der Waals surface area (Å²) in [7, 11) is 0. The van der Waals surface area contributed by atoms with Crippen LogP contribution in [0.1, 0.15) is 34.3 Å². The first kappa shape index (κ1) is 16.7. The summed E-state index contributed by atoms with van der Waals surface area (Å²) < 4.78 is 10.7. The fourth-order valence-corrected chi connectivity index (χ4v) is 2.73. The summed E-state index contributed by atoms with van der Waals surface area (Å²) in [5, 5.41) is 3.54. The van der Waals surface area contributed by atoms with Crippen molar-refractivity contribution in [1.29, 1.82) is 0 Å². The molecule has 24 heavy (non-hydrogen) atoms. The first-order valence-corrected chi connectivity index (χ1v) is 8.42. The number of esters is 1. The number of ether oxygens (including phenoxy) is 2. The molecule has 3 rings (SSSR count). The van der Waals surface area contributed by atoms with Crippen LogP contribution in [0.3, 0.4) is 0 Å². The Morgan fingerprint density at radius 1 is 1.00 bits per heavy atom. The van der Waals surface area contributed by atoms with Crippen LogP contribution >= 0.6 is 0 Å². The minimum Gasteiger partial charge on any atom is -0.457 e. The lowest BCUT2D eigenvalue weighted by molar-refractivity contribution is 0.0472. The van der Waals surface area contributed by atoms with Crippen molar-refractivity contribution >= 4 is 5.97 Å². The molecule has 1 heterocycles. The third kappa shape index (κ3) is 4.91. The second kappa shape index (κ2) is 8.62. The van der Waals surface area contributed by atoms with E-state index in [9.17, 15) is 4.79 Å². The molecular weight excluding hydrogens is 302 g/mol. The highest BCUT2D eigenvalue weighted by molar-refractivity contribution is 5.89. The Morgan fingerprint density at radius 3 is 2.42 bits per heavy atom. The lowest BCUT2D eigenvalue weighted by Gasteiger charge is -2.23. The van der Waals surface area contributed by atoms with E-state index in [2.05, 4.69) is 5.32 Å². The molecule has 0 radical (unpaired) electrons. The predicted octanol–water partition coefficient (Wildman–Crippen LogP) is 3.31. The third-order valence-corrected chi connectivity index (χ3v) is 4.22. The second-order valence-electron chi connectivity index (χ2n) is 6.03. The molecule has 0 unspecified atom stereocenters. The molecule has 2 aromatic rings. The number of benzene rings is 2. The minimum atomic E-state index is -0.289. The molecule has 2 aromatic carbocycles. The fraction of sp³-hybridized carbons (Fsp3) is 0.350. The highest BCUT2D eigenvalue weighted by Gasteiger charge is 2.13. The number of rotatable bonds is 6. The van der Waals surface area contributed by atoms with Gasteiger partial charge in [-0.2, -0.15) is 0 Å². The molecule has 0 saturated carbocycles. The van der Waals surface area contributed by atoms with Crippen LogP contribution in [0.15, 0.2) is 54.6 Å². The van der Waals surface area contributed by atoms with Gasteiger partial charge in [-0.25, -0.2) is 4.79 Å². The maximum absolute atomic E-state index is 12.1. The Morgan fingerprint density at radius 2 is 1.71 bits per heavy atom. The van der Waals surface area contributed by atoms with E-state index in [-0.39, 0.29) is 5.97 Å². The lowest BCUT2D eigenvalue weighted by atomic mass is 10.1. The van der Waals surface area contributed by atoms with Gasteiger partial charge < -0.3 is 14.8 Å². The van der Waals surface area contributed by atoms with E-state index >= 15 is 0 Å². The molecule has 1 N–H and O–H groups in total. The van der Waals surface area contributed by atoms with Crippen LogP contribution in [0, 0.1) is 0 Å². The quantitative estimate of drug-likeness (QED) is 0.828. The highest BCUT2D eigenvalue weighted by atomic mass is 16.5. The number of carbonyl (C=O) groups excluding carboxylic acids is 1. The first-order chi connectivity index (χ1) is 11.8. The predicted molar refractivity (Wildman–Crippen MR) is 92.7 cm³/mol. The van der Waals surface area contributed by atoms with Crippen LogP contribution in [0.4, 0.5) is 0 Å². The van der Waals surface area contributed by atoms with E-state index in [1.807, 2.05) is 54.6 Å². The average molecular weight is 325 g/mol. The van der Waals surface area contributed by atoms with Crippen molar-refractivity contribution in [2.75, 3.05) is 13.2 Å². The van der Waals surface area contributed by atoms with Gasteiger partial charge in [0.1, 0.15) is 6.61 Å². The van der Waals surface area contributed by atoms with Crippen molar-refractivity contribution in [2.24, 2.45) is 0 Å². The molecule has 1 aliphatic rings. The summed E-state index contributed by atoms with van der Waals surface area (Å²) in [4.78, 5) is 12.1. The van der Waals surface area contributed by atoms with E-state index in [1.165, 1.54) is 5.56 Å². The van der Waals surface area contributed by atoms with Gasteiger partial charge in [-0.3, -0.25) is 0 Å². The van der Waals surface area contributed by atoms with Crippen molar-refractivity contribution < 1.29 is 14.3 Å². The topological polar surface area (TPSA) is 47.6 Å². The molecule has 1 aliphatic heterocycles. The number of hydrogen-bond acceptors (Lipinski definition) is 4. The Bertz CT molecular complexity index is 634. The standard InChI is InChI=1S/C20H23NO3/c22-20(24-15-17-4-2-1-3-5-17)18-8-6-16(7-9-18)14-21-19-10-12-23-13-11-19/h1-9,19,21H,10-15H2. The van der Waals surface area contributed by atoms with Crippen molar-refractivity contribution in [3.63, 3.8) is 0 Å². The van der Waals surface area contributed by atoms with Crippen molar-refractivity contribution in [1.82, 2.24) is 5.32 Å². The van der Waals surface area contributed by atoms with Gasteiger partial charge in [0.25, 0.3) is 0 Å². The van der Waals surface area contributed by atoms with Crippen LogP contribution < -0.4 is 5.32 Å². The normalized spacial score (nSPS) is 15.2. The van der Waals surface area contributed by atoms with Crippen LogP contribution in [0.25, 0.3) is 0 Å². The SMILES string of the molecule is O=C(OCc1ccccc1)c1ccc(CNC2CCOCC2)cc1. The third-order valence-electron chi connectivity index (χ3n) is 4.22. The Balaban J connectivity index is 1.47. The molecule has 1 saturated heterocycles. The molecular formula is C20H23NO3. The Hall–Kier alpha value is -2.17. The van der Waals surface area contributed by atoms with E-state index in [0.29, 0.717) is 18.2 Å². The molecule has 0 aliphatic carbocycles. The molecule has 0 spiro atoms. The van der Waals surface area contributed by atoms with Gasteiger partial charge in [-0.1, -0.05) is 42.5 Å². The molecule has 0 aromatic heterocycles. The number of carbonyl (C=O) groups is 1. The smallest absolute Gasteiger partial charge is 0.338 e. The van der Waals surface area contributed by atoms with Crippen molar-refractivity contribution in [3.8, 4) is 0 Å². The molecule has 0 amide bonds. The zero-order valence-electron chi connectivity index (χ0n) is 13.7. The summed E-state index contributed by atoms with van der Waals surface area (Å²) in [6.45, 7) is 2.78. The van der Waals surface area contributed by atoms with Crippen LogP contribution in [-0.4, -0.2) is 25.2 Å². The summed E-state index contributed by atoms with van der Waals surface area (Å²) >= 11 is 0. The van der Waals surface area contributed by atoms with Gasteiger partial charge in [0.2, 0.25) is 0 Å². The maximum Gasteiger partial charge on any atom is 0.338 e. The summed E-state index contributed by atoms with van der Waals surface area (Å²) in [5.41, 5.74) is 2.74. The van der Waals surface area contributed by atoms with Crippen molar-refractivity contribution in [3.05, 3.63) is 71.3 Å². The van der Waals surface area contributed by atoms with Gasteiger partial charge in [0, 0.05) is 25.8 Å². The van der Waals surface area contributed by atoms with E-state index in [4.69, 9.17) is 9.47 Å². The average Bonchev–Trinajstić information content (AvgIpc) is 2.66. The molecule has 1 fully saturated rings. The van der Waals surface area contributed by atoms with Gasteiger partial charge in [0.15, 0.2) is 0 Å². The Labute approximate surface area is 142 Å². The van der Waals surface area contributed by atoms with Gasteiger partial charge in [-0.05, 0) is 36.1 Å². The number of nitrogens with one attached hydrogen (secondary N) is 1. The molecule has 4 heteroatoms. The number of hydrogen-bond donors (Lipinski definition) is 1. The monoisotopic (exact) mass is 325 g/mol. The minimum absolute atomic E-state index is 0.289. The highest BCUT2D eigenvalue weighted by Crippen LogP contribution is 2.11. The first-order valence-electron chi connectivity index (χ1n) is 8.42. The van der Waals surface area contributed by atoms with Crippen LogP contribution in [0.2, 0.25) is 0 Å². The molecule has 0 atom stereocenters. The van der Waals surface area contributed by atoms with Crippen LogP contribution in [0.5, 0.6) is 0 Å². The van der Waals surface area contributed by atoms with E-state index in [1.54, 1.807) is 0 Å². The largest absolute Gasteiger partial charge is 0.457 e. The zero-order valence-corrected chi connectivity index (χ0v) is 13.7. The summed E-state index contributed by atoms with van der Waals surface area (Å²) in [5.74, 6) is -0.289. The molecule has 4 nitrogen and oxygen atoms in total. The second-order valence-corrected chi connectivity index (χ2v) is 6.03. The lowest BCUT2D eigenvalue weighted by Crippen LogP contribution is -2.34.